The van der Waals surface area contributed by atoms with Crippen molar-refractivity contribution in [3.05, 3.63) is 29.3 Å². The Hall–Kier alpha value is -1.31. The van der Waals surface area contributed by atoms with Crippen molar-refractivity contribution in [1.82, 2.24) is 10.3 Å². The summed E-state index contributed by atoms with van der Waals surface area (Å²) < 4.78 is 0. The van der Waals surface area contributed by atoms with Crippen LogP contribution in [0.1, 0.15) is 0 Å². The van der Waals surface area contributed by atoms with Crippen LogP contribution in [0.3, 0.4) is 0 Å². The first kappa shape index (κ1) is 20.7. The zero-order chi connectivity index (χ0) is 15.5. The van der Waals surface area contributed by atoms with Gasteiger partial charge in [0.1, 0.15) is 5.82 Å². The highest BCUT2D eigenvalue weighted by atomic mass is 35.5. The van der Waals surface area contributed by atoms with E-state index in [1.165, 1.54) is 0 Å². The van der Waals surface area contributed by atoms with Gasteiger partial charge in [-0.15, -0.1) is 24.8 Å². The fourth-order valence-electron chi connectivity index (χ4n) is 2.53. The van der Waals surface area contributed by atoms with E-state index in [9.17, 15) is 4.79 Å². The van der Waals surface area contributed by atoms with Crippen molar-refractivity contribution in [2.45, 2.75) is 0 Å². The van der Waals surface area contributed by atoms with Crippen LogP contribution in [-0.4, -0.2) is 43.6 Å². The average molecular weight is 393 g/mol. The molecule has 1 amide bonds. The number of benzene rings is 1. The molecule has 9 heteroatoms. The van der Waals surface area contributed by atoms with Crippen LogP contribution in [-0.2, 0) is 4.79 Å². The first-order valence-electron chi connectivity index (χ1n) is 7.23. The van der Waals surface area contributed by atoms with Gasteiger partial charge in [-0.1, -0.05) is 11.6 Å². The Balaban J connectivity index is 0.00000144. The summed E-state index contributed by atoms with van der Waals surface area (Å²) in [6.45, 7) is 3.60. The third-order valence-corrected chi connectivity index (χ3v) is 3.91. The Labute approximate surface area is 157 Å². The van der Waals surface area contributed by atoms with E-state index < -0.39 is 0 Å². The number of hydrogen-bond donors (Lipinski definition) is 3. The molecule has 1 aromatic carbocycles. The summed E-state index contributed by atoms with van der Waals surface area (Å²) in [5.74, 6) is 0.588. The quantitative estimate of drug-likeness (QED) is 0.744. The third kappa shape index (κ3) is 4.62. The van der Waals surface area contributed by atoms with Gasteiger partial charge in [0.05, 0.1) is 17.1 Å². The molecule has 1 aliphatic heterocycles. The van der Waals surface area contributed by atoms with E-state index in [4.69, 9.17) is 17.3 Å². The van der Waals surface area contributed by atoms with Gasteiger partial charge in [0.25, 0.3) is 0 Å². The highest BCUT2D eigenvalue weighted by Crippen LogP contribution is 2.29. The molecule has 6 nitrogen and oxygen atoms in total. The van der Waals surface area contributed by atoms with Gasteiger partial charge in [-0.3, -0.25) is 4.79 Å². The van der Waals surface area contributed by atoms with Crippen LogP contribution >= 0.6 is 36.4 Å². The second-order valence-corrected chi connectivity index (χ2v) is 5.60. The SMILES string of the molecule is Cl.Cl.NCC(=O)Nc1ccc2nc(N3CCNCC3)c(Cl)cc2c1. The predicted octanol–water partition coefficient (Wildman–Crippen LogP) is 2.04. The summed E-state index contributed by atoms with van der Waals surface area (Å²) in [7, 11) is 0. The molecule has 132 valence electrons. The van der Waals surface area contributed by atoms with E-state index in [1.807, 2.05) is 24.3 Å². The molecule has 1 aliphatic rings. The number of amides is 1. The molecule has 0 atom stereocenters. The van der Waals surface area contributed by atoms with E-state index in [1.54, 1.807) is 0 Å². The van der Waals surface area contributed by atoms with E-state index in [0.29, 0.717) is 10.7 Å². The van der Waals surface area contributed by atoms with Gasteiger partial charge in [0.2, 0.25) is 5.91 Å². The number of nitrogens with one attached hydrogen (secondary N) is 2. The topological polar surface area (TPSA) is 83.3 Å². The maximum absolute atomic E-state index is 11.4. The Kier molecular flexibility index (Phi) is 7.99. The summed E-state index contributed by atoms with van der Waals surface area (Å²) in [4.78, 5) is 18.2. The van der Waals surface area contributed by atoms with Crippen molar-refractivity contribution < 1.29 is 4.79 Å². The summed E-state index contributed by atoms with van der Waals surface area (Å²) >= 11 is 6.39. The smallest absolute Gasteiger partial charge is 0.238 e. The zero-order valence-corrected chi connectivity index (χ0v) is 15.3. The maximum atomic E-state index is 11.4. The molecular formula is C15H20Cl3N5O. The van der Waals surface area contributed by atoms with E-state index >= 15 is 0 Å². The first-order chi connectivity index (χ1) is 10.7. The van der Waals surface area contributed by atoms with Crippen LogP contribution < -0.4 is 21.3 Å². The highest BCUT2D eigenvalue weighted by Gasteiger charge is 2.16. The molecule has 2 heterocycles. The summed E-state index contributed by atoms with van der Waals surface area (Å²) in [5.41, 5.74) is 6.84. The predicted molar refractivity (Wildman–Crippen MR) is 104 cm³/mol. The van der Waals surface area contributed by atoms with Crippen molar-refractivity contribution in [2.75, 3.05) is 42.9 Å². The van der Waals surface area contributed by atoms with Crippen molar-refractivity contribution in [1.29, 1.82) is 0 Å². The molecule has 4 N–H and O–H groups in total. The fourth-order valence-corrected chi connectivity index (χ4v) is 2.81. The minimum absolute atomic E-state index is 0. The lowest BCUT2D eigenvalue weighted by molar-refractivity contribution is -0.114. The number of aromatic nitrogens is 1. The molecule has 0 bridgehead atoms. The number of carbonyl (C=O) groups excluding carboxylic acids is 1. The average Bonchev–Trinajstić information content (AvgIpc) is 2.55. The largest absolute Gasteiger partial charge is 0.353 e. The van der Waals surface area contributed by atoms with E-state index in [2.05, 4.69) is 20.5 Å². The molecule has 24 heavy (non-hydrogen) atoms. The monoisotopic (exact) mass is 391 g/mol. The first-order valence-corrected chi connectivity index (χ1v) is 7.61. The highest BCUT2D eigenvalue weighted by molar-refractivity contribution is 6.33. The molecule has 1 aromatic heterocycles. The number of anilines is 2. The third-order valence-electron chi connectivity index (χ3n) is 3.64. The Bertz CT molecular complexity index is 707. The second-order valence-electron chi connectivity index (χ2n) is 5.19. The van der Waals surface area contributed by atoms with E-state index in [-0.39, 0.29) is 37.3 Å². The van der Waals surface area contributed by atoms with Gasteiger partial charge in [0, 0.05) is 37.3 Å². The number of rotatable bonds is 3. The molecule has 1 saturated heterocycles. The molecule has 0 radical (unpaired) electrons. The van der Waals surface area contributed by atoms with Gasteiger partial charge in [-0.2, -0.15) is 0 Å². The molecule has 1 fully saturated rings. The molecule has 3 rings (SSSR count). The van der Waals surface area contributed by atoms with Crippen molar-refractivity contribution in [3.63, 3.8) is 0 Å². The van der Waals surface area contributed by atoms with Crippen LogP contribution in [0.4, 0.5) is 11.5 Å². The van der Waals surface area contributed by atoms with Crippen LogP contribution in [0.2, 0.25) is 5.02 Å². The van der Waals surface area contributed by atoms with Gasteiger partial charge >= 0.3 is 0 Å². The zero-order valence-electron chi connectivity index (χ0n) is 12.9. The lowest BCUT2D eigenvalue weighted by Gasteiger charge is -2.29. The number of fused-ring (bicyclic) bond motifs is 1. The normalized spacial score (nSPS) is 13.8. The van der Waals surface area contributed by atoms with Crippen LogP contribution in [0.5, 0.6) is 0 Å². The lowest BCUT2D eigenvalue weighted by Crippen LogP contribution is -2.44. The van der Waals surface area contributed by atoms with Crippen LogP contribution in [0, 0.1) is 0 Å². The number of pyridine rings is 1. The van der Waals surface area contributed by atoms with Gasteiger partial charge in [0.15, 0.2) is 0 Å². The second kappa shape index (κ2) is 9.25. The Morgan fingerprint density at radius 2 is 2.00 bits per heavy atom. The number of nitrogens with zero attached hydrogens (tertiary/aromatic N) is 2. The number of halogens is 3. The van der Waals surface area contributed by atoms with Crippen LogP contribution in [0.25, 0.3) is 10.9 Å². The van der Waals surface area contributed by atoms with Gasteiger partial charge in [-0.05, 0) is 24.3 Å². The van der Waals surface area contributed by atoms with Crippen molar-refractivity contribution >= 4 is 64.7 Å². The van der Waals surface area contributed by atoms with Crippen molar-refractivity contribution in [3.8, 4) is 0 Å². The number of carbonyl (C=O) groups is 1. The van der Waals surface area contributed by atoms with E-state index in [0.717, 1.165) is 42.9 Å². The Morgan fingerprint density at radius 3 is 2.67 bits per heavy atom. The minimum atomic E-state index is -0.226. The summed E-state index contributed by atoms with van der Waals surface area (Å²) in [6, 6.07) is 7.44. The number of hydrogen-bond acceptors (Lipinski definition) is 5. The van der Waals surface area contributed by atoms with Crippen LogP contribution in [0.15, 0.2) is 24.3 Å². The standard InChI is InChI=1S/C15H18ClN5O.2ClH/c16-12-8-10-7-11(19-14(22)9-17)1-2-13(10)20-15(12)21-5-3-18-4-6-21;;/h1-2,7-8,18H,3-6,9,17H2,(H,19,22);2*1H. The van der Waals surface area contributed by atoms with Crippen molar-refractivity contribution in [2.24, 2.45) is 5.73 Å². The summed E-state index contributed by atoms with van der Waals surface area (Å²) in [5, 5.41) is 7.55. The molecule has 0 saturated carbocycles. The lowest BCUT2D eigenvalue weighted by atomic mass is 10.2. The molecule has 0 spiro atoms. The number of piperazine rings is 1. The number of nitrogens with two attached hydrogens (primary N) is 1. The minimum Gasteiger partial charge on any atom is -0.353 e. The van der Waals surface area contributed by atoms with Gasteiger partial charge < -0.3 is 21.3 Å². The van der Waals surface area contributed by atoms with Gasteiger partial charge in [-0.25, -0.2) is 4.98 Å². The Morgan fingerprint density at radius 1 is 1.29 bits per heavy atom. The molecular weight excluding hydrogens is 373 g/mol. The molecule has 2 aromatic rings. The molecule has 0 aliphatic carbocycles. The fraction of sp³-hybridized carbons (Fsp3) is 0.333. The maximum Gasteiger partial charge on any atom is 0.238 e. The molecule has 0 unspecified atom stereocenters. The summed E-state index contributed by atoms with van der Waals surface area (Å²) in [6.07, 6.45) is 0.